The van der Waals surface area contributed by atoms with E-state index >= 15 is 0 Å². The van der Waals surface area contributed by atoms with Gasteiger partial charge < -0.3 is 19.7 Å². The zero-order valence-electron chi connectivity index (χ0n) is 13.4. The van der Waals surface area contributed by atoms with Gasteiger partial charge in [-0.1, -0.05) is 13.0 Å². The molecular weight excluding hydrogens is 252 g/mol. The first-order chi connectivity index (χ1) is 9.58. The molecule has 4 nitrogen and oxygen atoms in total. The van der Waals surface area contributed by atoms with Crippen LogP contribution in [-0.4, -0.2) is 45.8 Å². The fraction of sp³-hybridized carbons (Fsp3) is 0.625. The topological polar surface area (TPSA) is 33.7 Å². The SMILES string of the molecule is CCCNC(C)c1ccc(OC)cc1OCCN(C)C. The summed E-state index contributed by atoms with van der Waals surface area (Å²) in [6.45, 7) is 6.91. The van der Waals surface area contributed by atoms with Crippen molar-refractivity contribution in [1.82, 2.24) is 10.2 Å². The number of nitrogens with one attached hydrogen (secondary N) is 1. The van der Waals surface area contributed by atoms with Gasteiger partial charge in [0.2, 0.25) is 0 Å². The lowest BCUT2D eigenvalue weighted by Gasteiger charge is -2.19. The number of likely N-dealkylation sites (N-methyl/N-ethyl adjacent to an activating group) is 1. The van der Waals surface area contributed by atoms with Gasteiger partial charge in [-0.05, 0) is 40.1 Å². The quantitative estimate of drug-likeness (QED) is 0.754. The molecule has 0 amide bonds. The maximum atomic E-state index is 5.93. The summed E-state index contributed by atoms with van der Waals surface area (Å²) in [6, 6.07) is 6.31. The summed E-state index contributed by atoms with van der Waals surface area (Å²) in [5, 5.41) is 3.49. The van der Waals surface area contributed by atoms with Crippen LogP contribution in [0.15, 0.2) is 18.2 Å². The Morgan fingerprint density at radius 2 is 2.05 bits per heavy atom. The third kappa shape index (κ3) is 5.39. The van der Waals surface area contributed by atoms with E-state index in [0.717, 1.165) is 31.0 Å². The second-order valence-corrected chi connectivity index (χ2v) is 5.23. The first-order valence-corrected chi connectivity index (χ1v) is 7.27. The average molecular weight is 280 g/mol. The summed E-state index contributed by atoms with van der Waals surface area (Å²) in [7, 11) is 5.76. The summed E-state index contributed by atoms with van der Waals surface area (Å²) >= 11 is 0. The molecule has 1 aromatic rings. The van der Waals surface area contributed by atoms with E-state index in [4.69, 9.17) is 9.47 Å². The van der Waals surface area contributed by atoms with Gasteiger partial charge in [0.05, 0.1) is 7.11 Å². The van der Waals surface area contributed by atoms with E-state index in [0.29, 0.717) is 6.61 Å². The molecule has 1 atom stereocenters. The Hall–Kier alpha value is -1.26. The lowest BCUT2D eigenvalue weighted by Crippen LogP contribution is -2.22. The first-order valence-electron chi connectivity index (χ1n) is 7.27. The van der Waals surface area contributed by atoms with Gasteiger partial charge >= 0.3 is 0 Å². The molecule has 4 heteroatoms. The molecule has 0 fully saturated rings. The maximum absolute atomic E-state index is 5.93. The normalized spacial score (nSPS) is 12.5. The van der Waals surface area contributed by atoms with Crippen molar-refractivity contribution in [1.29, 1.82) is 0 Å². The second-order valence-electron chi connectivity index (χ2n) is 5.23. The van der Waals surface area contributed by atoms with Crippen LogP contribution in [0.4, 0.5) is 0 Å². The molecule has 0 aliphatic heterocycles. The van der Waals surface area contributed by atoms with Crippen molar-refractivity contribution < 1.29 is 9.47 Å². The minimum absolute atomic E-state index is 0.273. The highest BCUT2D eigenvalue weighted by molar-refractivity contribution is 5.42. The number of methoxy groups -OCH3 is 1. The lowest BCUT2D eigenvalue weighted by atomic mass is 10.1. The lowest BCUT2D eigenvalue weighted by molar-refractivity contribution is 0.257. The largest absolute Gasteiger partial charge is 0.497 e. The summed E-state index contributed by atoms with van der Waals surface area (Å²) in [6.07, 6.45) is 1.12. The molecule has 1 aromatic carbocycles. The van der Waals surface area contributed by atoms with E-state index in [2.05, 4.69) is 30.1 Å². The van der Waals surface area contributed by atoms with Gasteiger partial charge in [0.15, 0.2) is 0 Å². The molecule has 1 unspecified atom stereocenters. The molecule has 0 spiro atoms. The summed E-state index contributed by atoms with van der Waals surface area (Å²) in [5.74, 6) is 1.73. The van der Waals surface area contributed by atoms with E-state index < -0.39 is 0 Å². The molecule has 1 rings (SSSR count). The van der Waals surface area contributed by atoms with Crippen LogP contribution in [-0.2, 0) is 0 Å². The highest BCUT2D eigenvalue weighted by Crippen LogP contribution is 2.29. The van der Waals surface area contributed by atoms with Crippen LogP contribution >= 0.6 is 0 Å². The van der Waals surface area contributed by atoms with Crippen LogP contribution in [0.25, 0.3) is 0 Å². The molecule has 0 aliphatic rings. The van der Waals surface area contributed by atoms with Crippen molar-refractivity contribution in [2.24, 2.45) is 0 Å². The zero-order chi connectivity index (χ0) is 15.0. The molecule has 1 N–H and O–H groups in total. The molecule has 0 saturated heterocycles. The van der Waals surface area contributed by atoms with Crippen molar-refractivity contribution in [3.8, 4) is 11.5 Å². The third-order valence-electron chi connectivity index (χ3n) is 3.18. The number of ether oxygens (including phenoxy) is 2. The fourth-order valence-corrected chi connectivity index (χ4v) is 1.93. The molecule has 114 valence electrons. The van der Waals surface area contributed by atoms with E-state index in [1.54, 1.807) is 7.11 Å². The number of hydrogen-bond donors (Lipinski definition) is 1. The van der Waals surface area contributed by atoms with E-state index in [9.17, 15) is 0 Å². The van der Waals surface area contributed by atoms with Crippen molar-refractivity contribution in [2.75, 3.05) is 40.9 Å². The smallest absolute Gasteiger partial charge is 0.127 e. The number of hydrogen-bond acceptors (Lipinski definition) is 4. The molecule has 0 heterocycles. The molecular formula is C16H28N2O2. The van der Waals surface area contributed by atoms with Crippen molar-refractivity contribution >= 4 is 0 Å². The van der Waals surface area contributed by atoms with Crippen molar-refractivity contribution in [2.45, 2.75) is 26.3 Å². The van der Waals surface area contributed by atoms with Crippen LogP contribution in [0.3, 0.4) is 0 Å². The Morgan fingerprint density at radius 1 is 1.30 bits per heavy atom. The van der Waals surface area contributed by atoms with Crippen LogP contribution in [0.2, 0.25) is 0 Å². The van der Waals surface area contributed by atoms with E-state index in [1.807, 2.05) is 26.2 Å². The number of rotatable bonds is 9. The van der Waals surface area contributed by atoms with Crippen molar-refractivity contribution in [3.63, 3.8) is 0 Å². The van der Waals surface area contributed by atoms with Gasteiger partial charge in [-0.15, -0.1) is 0 Å². The van der Waals surface area contributed by atoms with Gasteiger partial charge in [0, 0.05) is 24.2 Å². The minimum Gasteiger partial charge on any atom is -0.497 e. The number of nitrogens with zero attached hydrogens (tertiary/aromatic N) is 1. The molecule has 0 aromatic heterocycles. The Balaban J connectivity index is 2.80. The molecule has 20 heavy (non-hydrogen) atoms. The molecule has 0 bridgehead atoms. The van der Waals surface area contributed by atoms with Gasteiger partial charge in [-0.2, -0.15) is 0 Å². The molecule has 0 aliphatic carbocycles. The van der Waals surface area contributed by atoms with Crippen molar-refractivity contribution in [3.05, 3.63) is 23.8 Å². The fourth-order valence-electron chi connectivity index (χ4n) is 1.93. The standard InChI is InChI=1S/C16H28N2O2/c1-6-9-17-13(2)15-8-7-14(19-5)12-16(15)20-11-10-18(3)4/h7-8,12-13,17H,6,9-11H2,1-5H3. The second kappa shape index (κ2) is 8.82. The minimum atomic E-state index is 0.273. The monoisotopic (exact) mass is 280 g/mol. The zero-order valence-corrected chi connectivity index (χ0v) is 13.4. The predicted molar refractivity (Wildman–Crippen MR) is 83.8 cm³/mol. The predicted octanol–water partition coefficient (Wildman–Crippen LogP) is 2.70. The summed E-state index contributed by atoms with van der Waals surface area (Å²) < 4.78 is 11.2. The Labute approximate surface area is 123 Å². The van der Waals surface area contributed by atoms with E-state index in [1.165, 1.54) is 5.56 Å². The molecule has 0 radical (unpaired) electrons. The van der Waals surface area contributed by atoms with Crippen LogP contribution in [0.1, 0.15) is 31.9 Å². The highest BCUT2D eigenvalue weighted by Gasteiger charge is 2.12. The van der Waals surface area contributed by atoms with Gasteiger partial charge in [0.1, 0.15) is 18.1 Å². The average Bonchev–Trinajstić information content (AvgIpc) is 2.44. The summed E-state index contributed by atoms with van der Waals surface area (Å²) in [5.41, 5.74) is 1.18. The van der Waals surface area contributed by atoms with Gasteiger partial charge in [-0.3, -0.25) is 0 Å². The first kappa shape index (κ1) is 16.8. The number of benzene rings is 1. The molecule has 0 saturated carbocycles. The van der Waals surface area contributed by atoms with Crippen LogP contribution in [0.5, 0.6) is 11.5 Å². The van der Waals surface area contributed by atoms with Crippen LogP contribution < -0.4 is 14.8 Å². The summed E-state index contributed by atoms with van der Waals surface area (Å²) in [4.78, 5) is 2.11. The Kier molecular flexibility index (Phi) is 7.41. The highest BCUT2D eigenvalue weighted by atomic mass is 16.5. The van der Waals surface area contributed by atoms with Crippen LogP contribution in [0, 0.1) is 0 Å². The van der Waals surface area contributed by atoms with Gasteiger partial charge in [0.25, 0.3) is 0 Å². The van der Waals surface area contributed by atoms with E-state index in [-0.39, 0.29) is 6.04 Å². The maximum Gasteiger partial charge on any atom is 0.127 e. The Morgan fingerprint density at radius 3 is 2.65 bits per heavy atom. The Bertz CT molecular complexity index is 394. The third-order valence-corrected chi connectivity index (χ3v) is 3.18. The van der Waals surface area contributed by atoms with Gasteiger partial charge in [-0.25, -0.2) is 0 Å².